The lowest BCUT2D eigenvalue weighted by molar-refractivity contribution is -0.00487. The minimum atomic E-state index is 0.396. The van der Waals surface area contributed by atoms with E-state index in [1.165, 1.54) is 44.1 Å². The van der Waals surface area contributed by atoms with Crippen molar-refractivity contribution < 1.29 is 0 Å². The van der Waals surface area contributed by atoms with Gasteiger partial charge in [-0.15, -0.1) is 0 Å². The summed E-state index contributed by atoms with van der Waals surface area (Å²) in [5, 5.41) is 4.36. The Morgan fingerprint density at radius 2 is 1.71 bits per heavy atom. The Kier molecular flexibility index (Phi) is 1.80. The van der Waals surface area contributed by atoms with E-state index in [2.05, 4.69) is 11.3 Å². The number of anilines is 1. The normalized spacial score (nSPS) is 43.2. The minimum Gasteiger partial charge on any atom is -0.382 e. The summed E-state index contributed by atoms with van der Waals surface area (Å²) in [5.74, 6) is 3.71. The average molecular weight is 231 g/mol. The molecule has 4 aliphatic rings. The summed E-state index contributed by atoms with van der Waals surface area (Å²) < 4.78 is 1.89. The molecule has 4 saturated carbocycles. The number of rotatable bonds is 1. The number of hydrogen-bond acceptors (Lipinski definition) is 2. The molecule has 0 atom stereocenters. The number of nitrogen functional groups attached to an aromatic ring is 1. The Bertz CT molecular complexity index is 425. The summed E-state index contributed by atoms with van der Waals surface area (Å²) in [7, 11) is 1.99. The van der Waals surface area contributed by atoms with Crippen LogP contribution in [0.5, 0.6) is 0 Å². The molecule has 0 saturated heterocycles. The van der Waals surface area contributed by atoms with Gasteiger partial charge in [-0.1, -0.05) is 0 Å². The third-order valence-corrected chi connectivity index (χ3v) is 5.47. The summed E-state index contributed by atoms with van der Waals surface area (Å²) >= 11 is 0. The molecule has 4 bridgehead atoms. The molecule has 3 heteroatoms. The SMILES string of the molecule is Cn1cc(C23CC4CC(CC(C4)C2)C3)c(N)n1. The van der Waals surface area contributed by atoms with Gasteiger partial charge in [0, 0.05) is 24.2 Å². The molecule has 5 rings (SSSR count). The maximum atomic E-state index is 6.13. The van der Waals surface area contributed by atoms with Crippen LogP contribution < -0.4 is 5.73 Å². The quantitative estimate of drug-likeness (QED) is 0.807. The van der Waals surface area contributed by atoms with E-state index in [0.717, 1.165) is 23.6 Å². The van der Waals surface area contributed by atoms with Gasteiger partial charge in [0.2, 0.25) is 0 Å². The van der Waals surface area contributed by atoms with Crippen LogP contribution in [0.3, 0.4) is 0 Å². The van der Waals surface area contributed by atoms with Crippen molar-refractivity contribution in [2.24, 2.45) is 24.8 Å². The van der Waals surface area contributed by atoms with E-state index in [1.807, 2.05) is 11.7 Å². The molecule has 0 unspecified atom stereocenters. The molecule has 4 aliphatic carbocycles. The van der Waals surface area contributed by atoms with Gasteiger partial charge in [-0.2, -0.15) is 5.10 Å². The third-order valence-electron chi connectivity index (χ3n) is 5.47. The summed E-state index contributed by atoms with van der Waals surface area (Å²) in [5.41, 5.74) is 7.89. The zero-order valence-corrected chi connectivity index (χ0v) is 10.5. The van der Waals surface area contributed by atoms with E-state index < -0.39 is 0 Å². The second-order valence-corrected chi connectivity index (χ2v) is 6.80. The molecule has 1 heterocycles. The Labute approximate surface area is 102 Å². The topological polar surface area (TPSA) is 43.8 Å². The van der Waals surface area contributed by atoms with Gasteiger partial charge in [0.05, 0.1) is 0 Å². The van der Waals surface area contributed by atoms with Gasteiger partial charge in [0.15, 0.2) is 0 Å². The molecule has 4 fully saturated rings. The standard InChI is InChI=1S/C14H21N3/c1-17-8-12(13(15)16-17)14-5-9-2-10(6-14)4-11(3-9)7-14/h8-11H,2-7H2,1H3,(H2,15,16). The largest absolute Gasteiger partial charge is 0.382 e. The zero-order chi connectivity index (χ0) is 11.6. The maximum Gasteiger partial charge on any atom is 0.149 e. The van der Waals surface area contributed by atoms with Crippen LogP contribution in [0.4, 0.5) is 5.82 Å². The number of aromatic nitrogens is 2. The summed E-state index contributed by atoms with van der Waals surface area (Å²) in [6, 6.07) is 0. The number of nitrogens with zero attached hydrogens (tertiary/aromatic N) is 2. The van der Waals surface area contributed by atoms with Gasteiger partial charge >= 0.3 is 0 Å². The molecule has 0 aromatic carbocycles. The molecule has 92 valence electrons. The second-order valence-electron chi connectivity index (χ2n) is 6.80. The molecular weight excluding hydrogens is 210 g/mol. The molecule has 0 amide bonds. The van der Waals surface area contributed by atoms with Crippen molar-refractivity contribution in [1.29, 1.82) is 0 Å². The Hall–Kier alpha value is -0.990. The van der Waals surface area contributed by atoms with Crippen molar-refractivity contribution in [3.05, 3.63) is 11.8 Å². The first-order valence-electron chi connectivity index (χ1n) is 6.94. The predicted octanol–water partition coefficient (Wildman–Crippen LogP) is 2.47. The number of hydrogen-bond donors (Lipinski definition) is 1. The fraction of sp³-hybridized carbons (Fsp3) is 0.786. The zero-order valence-electron chi connectivity index (χ0n) is 10.5. The highest BCUT2D eigenvalue weighted by Crippen LogP contribution is 2.61. The molecular formula is C14H21N3. The average Bonchev–Trinajstić information content (AvgIpc) is 2.56. The van der Waals surface area contributed by atoms with Gasteiger partial charge in [0.25, 0.3) is 0 Å². The fourth-order valence-corrected chi connectivity index (χ4v) is 5.35. The van der Waals surface area contributed by atoms with Crippen LogP contribution in [0.15, 0.2) is 6.20 Å². The van der Waals surface area contributed by atoms with Crippen molar-refractivity contribution >= 4 is 5.82 Å². The second kappa shape index (κ2) is 3.06. The van der Waals surface area contributed by atoms with Crippen LogP contribution >= 0.6 is 0 Å². The summed E-state index contributed by atoms with van der Waals surface area (Å²) in [6.07, 6.45) is 10.7. The van der Waals surface area contributed by atoms with Gasteiger partial charge in [-0.3, -0.25) is 4.68 Å². The fourth-order valence-electron chi connectivity index (χ4n) is 5.35. The molecule has 0 aliphatic heterocycles. The Morgan fingerprint density at radius 1 is 1.18 bits per heavy atom. The number of nitrogens with two attached hydrogens (primary N) is 1. The minimum absolute atomic E-state index is 0.396. The van der Waals surface area contributed by atoms with Crippen LogP contribution in [0.25, 0.3) is 0 Å². The molecule has 0 spiro atoms. The van der Waals surface area contributed by atoms with Crippen molar-refractivity contribution in [1.82, 2.24) is 9.78 Å². The molecule has 2 N–H and O–H groups in total. The van der Waals surface area contributed by atoms with Crippen LogP contribution in [0.1, 0.15) is 44.1 Å². The van der Waals surface area contributed by atoms with Crippen molar-refractivity contribution in [2.45, 2.75) is 43.9 Å². The molecule has 3 nitrogen and oxygen atoms in total. The predicted molar refractivity (Wildman–Crippen MR) is 67.5 cm³/mol. The molecule has 0 radical (unpaired) electrons. The summed E-state index contributed by atoms with van der Waals surface area (Å²) in [6.45, 7) is 0. The molecule has 1 aromatic rings. The first-order chi connectivity index (χ1) is 8.14. The van der Waals surface area contributed by atoms with E-state index >= 15 is 0 Å². The smallest absolute Gasteiger partial charge is 0.149 e. The molecule has 17 heavy (non-hydrogen) atoms. The highest BCUT2D eigenvalue weighted by atomic mass is 15.3. The van der Waals surface area contributed by atoms with Gasteiger partial charge in [-0.05, 0) is 56.3 Å². The molecule has 1 aromatic heterocycles. The lowest BCUT2D eigenvalue weighted by Crippen LogP contribution is -2.48. The first-order valence-corrected chi connectivity index (χ1v) is 6.94. The van der Waals surface area contributed by atoms with Gasteiger partial charge < -0.3 is 5.73 Å². The number of aryl methyl sites for hydroxylation is 1. The maximum absolute atomic E-state index is 6.13. The van der Waals surface area contributed by atoms with E-state index in [-0.39, 0.29) is 0 Å². The Balaban J connectivity index is 1.79. The van der Waals surface area contributed by atoms with Crippen LogP contribution in [-0.4, -0.2) is 9.78 Å². The lowest BCUT2D eigenvalue weighted by Gasteiger charge is -2.56. The lowest BCUT2D eigenvalue weighted by atomic mass is 9.48. The monoisotopic (exact) mass is 231 g/mol. The van der Waals surface area contributed by atoms with Crippen LogP contribution in [0, 0.1) is 17.8 Å². The van der Waals surface area contributed by atoms with E-state index in [9.17, 15) is 0 Å². The highest BCUT2D eigenvalue weighted by molar-refractivity contribution is 5.45. The van der Waals surface area contributed by atoms with E-state index in [1.54, 1.807) is 0 Å². The van der Waals surface area contributed by atoms with Crippen LogP contribution in [0.2, 0.25) is 0 Å². The van der Waals surface area contributed by atoms with Crippen molar-refractivity contribution in [3.63, 3.8) is 0 Å². The Morgan fingerprint density at radius 3 is 2.12 bits per heavy atom. The third kappa shape index (κ3) is 1.31. The van der Waals surface area contributed by atoms with Gasteiger partial charge in [-0.25, -0.2) is 0 Å². The van der Waals surface area contributed by atoms with Crippen molar-refractivity contribution in [3.8, 4) is 0 Å². The van der Waals surface area contributed by atoms with Crippen LogP contribution in [-0.2, 0) is 12.5 Å². The van der Waals surface area contributed by atoms with E-state index in [0.29, 0.717) is 5.41 Å². The first kappa shape index (κ1) is 9.98. The highest BCUT2D eigenvalue weighted by Gasteiger charge is 2.52. The van der Waals surface area contributed by atoms with Gasteiger partial charge in [0.1, 0.15) is 5.82 Å². The van der Waals surface area contributed by atoms with E-state index in [4.69, 9.17) is 5.73 Å². The summed E-state index contributed by atoms with van der Waals surface area (Å²) in [4.78, 5) is 0. The van der Waals surface area contributed by atoms with Crippen molar-refractivity contribution in [2.75, 3.05) is 5.73 Å².